The molecule has 1 aromatic heterocycles. The maximum absolute atomic E-state index is 12.4. The summed E-state index contributed by atoms with van der Waals surface area (Å²) in [5.41, 5.74) is 6.42. The second kappa shape index (κ2) is 7.04. The number of H-pyrrole nitrogens is 1. The highest BCUT2D eigenvalue weighted by molar-refractivity contribution is 6.34. The minimum absolute atomic E-state index is 0.0495. The van der Waals surface area contributed by atoms with Crippen LogP contribution in [0.3, 0.4) is 0 Å². The largest absolute Gasteiger partial charge is 0.487 e. The van der Waals surface area contributed by atoms with Crippen molar-refractivity contribution in [2.75, 3.05) is 5.73 Å². The Hall–Kier alpha value is -2.70. The van der Waals surface area contributed by atoms with E-state index in [4.69, 9.17) is 33.7 Å². The summed E-state index contributed by atoms with van der Waals surface area (Å²) in [4.78, 5) is 24.4. The normalized spacial score (nSPS) is 10.6. The summed E-state index contributed by atoms with van der Waals surface area (Å²) in [5.74, 6) is -0.0296. The van der Waals surface area contributed by atoms with Gasteiger partial charge < -0.3 is 10.5 Å². The van der Waals surface area contributed by atoms with Crippen LogP contribution in [0, 0.1) is 0 Å². The Morgan fingerprint density at radius 1 is 1.08 bits per heavy atom. The van der Waals surface area contributed by atoms with Crippen LogP contribution in [0.2, 0.25) is 10.0 Å². The molecule has 0 unspecified atom stereocenters. The molecular weight excluding hydrogens is 365 g/mol. The van der Waals surface area contributed by atoms with Gasteiger partial charge in [0.05, 0.1) is 5.69 Å². The number of halogens is 2. The number of hydrogen-bond acceptors (Lipinski definition) is 4. The van der Waals surface area contributed by atoms with E-state index in [1.54, 1.807) is 42.5 Å². The van der Waals surface area contributed by atoms with E-state index in [-0.39, 0.29) is 6.61 Å². The Kier molecular flexibility index (Phi) is 4.83. The van der Waals surface area contributed by atoms with Crippen LogP contribution < -0.4 is 16.0 Å². The standard InChI is InChI=1S/C17H13Cl2N3O3/c18-11-5-12(19)7-15(6-11)25-9-14-8-16(23)22(21-14)17(24)10-1-3-13(20)4-2-10/h1-8,21H,9,20H2. The minimum Gasteiger partial charge on any atom is -0.487 e. The van der Waals surface area contributed by atoms with Crippen molar-refractivity contribution in [3.05, 3.63) is 80.2 Å². The highest BCUT2D eigenvalue weighted by atomic mass is 35.5. The number of carbonyl (C=O) groups is 1. The summed E-state index contributed by atoms with van der Waals surface area (Å²) in [6, 6.07) is 12.4. The van der Waals surface area contributed by atoms with E-state index < -0.39 is 11.5 Å². The first-order valence-corrected chi connectivity index (χ1v) is 7.98. The van der Waals surface area contributed by atoms with Crippen molar-refractivity contribution in [3.8, 4) is 5.75 Å². The van der Waals surface area contributed by atoms with E-state index in [0.29, 0.717) is 32.7 Å². The van der Waals surface area contributed by atoms with Crippen LogP contribution in [0.1, 0.15) is 16.1 Å². The highest BCUT2D eigenvalue weighted by Gasteiger charge is 2.13. The third-order valence-corrected chi connectivity index (χ3v) is 3.80. The number of anilines is 1. The van der Waals surface area contributed by atoms with Gasteiger partial charge in [0.15, 0.2) is 0 Å². The monoisotopic (exact) mass is 377 g/mol. The molecule has 0 bridgehead atoms. The number of aromatic nitrogens is 2. The molecule has 1 heterocycles. The lowest BCUT2D eigenvalue weighted by atomic mass is 10.2. The molecule has 6 nitrogen and oxygen atoms in total. The Bertz CT molecular complexity index is 957. The second-order valence-corrected chi connectivity index (χ2v) is 6.15. The van der Waals surface area contributed by atoms with Gasteiger partial charge in [0, 0.05) is 27.4 Å². The predicted molar refractivity (Wildman–Crippen MR) is 96.4 cm³/mol. The SMILES string of the molecule is Nc1ccc(C(=O)n2[nH]c(COc3cc(Cl)cc(Cl)c3)cc2=O)cc1. The summed E-state index contributed by atoms with van der Waals surface area (Å²) in [6.07, 6.45) is 0. The zero-order chi connectivity index (χ0) is 18.0. The van der Waals surface area contributed by atoms with Crippen LogP contribution in [-0.4, -0.2) is 15.7 Å². The number of nitrogens with zero attached hydrogens (tertiary/aromatic N) is 1. The van der Waals surface area contributed by atoms with Gasteiger partial charge in [-0.1, -0.05) is 23.2 Å². The number of carbonyl (C=O) groups excluding carboxylic acids is 1. The maximum Gasteiger partial charge on any atom is 0.279 e. The van der Waals surface area contributed by atoms with Gasteiger partial charge in [-0.25, -0.2) is 0 Å². The molecule has 0 radical (unpaired) electrons. The van der Waals surface area contributed by atoms with Crippen molar-refractivity contribution >= 4 is 34.8 Å². The van der Waals surface area contributed by atoms with Gasteiger partial charge in [0.1, 0.15) is 12.4 Å². The number of nitrogen functional groups attached to an aromatic ring is 1. The number of aromatic amines is 1. The number of nitrogens with one attached hydrogen (secondary N) is 1. The summed E-state index contributed by atoms with van der Waals surface area (Å²) >= 11 is 11.8. The number of ether oxygens (including phenoxy) is 1. The fourth-order valence-electron chi connectivity index (χ4n) is 2.20. The smallest absolute Gasteiger partial charge is 0.279 e. The molecule has 3 rings (SSSR count). The summed E-state index contributed by atoms with van der Waals surface area (Å²) in [6.45, 7) is 0.0495. The zero-order valence-electron chi connectivity index (χ0n) is 12.8. The third kappa shape index (κ3) is 4.04. The fourth-order valence-corrected chi connectivity index (χ4v) is 2.70. The second-order valence-electron chi connectivity index (χ2n) is 5.28. The van der Waals surface area contributed by atoms with Crippen LogP contribution in [0.25, 0.3) is 0 Å². The van der Waals surface area contributed by atoms with Crippen molar-refractivity contribution in [3.63, 3.8) is 0 Å². The van der Waals surface area contributed by atoms with Crippen LogP contribution in [0.4, 0.5) is 5.69 Å². The van der Waals surface area contributed by atoms with Crippen molar-refractivity contribution in [2.45, 2.75) is 6.61 Å². The lowest BCUT2D eigenvalue weighted by Gasteiger charge is -2.06. The van der Waals surface area contributed by atoms with Crippen LogP contribution in [0.5, 0.6) is 5.75 Å². The summed E-state index contributed by atoms with van der Waals surface area (Å²) in [7, 11) is 0. The summed E-state index contributed by atoms with van der Waals surface area (Å²) < 4.78 is 6.45. The van der Waals surface area contributed by atoms with Crippen molar-refractivity contribution in [1.29, 1.82) is 0 Å². The average molecular weight is 378 g/mol. The number of nitrogens with two attached hydrogens (primary N) is 1. The predicted octanol–water partition coefficient (Wildman–Crippen LogP) is 3.33. The van der Waals surface area contributed by atoms with Crippen molar-refractivity contribution in [1.82, 2.24) is 9.78 Å². The minimum atomic E-state index is -0.484. The fraction of sp³-hybridized carbons (Fsp3) is 0.0588. The molecule has 2 aromatic carbocycles. The first kappa shape index (κ1) is 17.1. The van der Waals surface area contributed by atoms with E-state index in [2.05, 4.69) is 5.10 Å². The maximum atomic E-state index is 12.4. The molecule has 0 amide bonds. The number of hydrogen-bond donors (Lipinski definition) is 2. The van der Waals surface area contributed by atoms with Gasteiger partial charge in [-0.05, 0) is 42.5 Å². The van der Waals surface area contributed by atoms with E-state index in [9.17, 15) is 9.59 Å². The van der Waals surface area contributed by atoms with Crippen molar-refractivity contribution in [2.24, 2.45) is 0 Å². The number of rotatable bonds is 4. The first-order valence-electron chi connectivity index (χ1n) is 7.22. The molecule has 0 saturated heterocycles. The molecule has 0 atom stereocenters. The Balaban J connectivity index is 1.77. The van der Waals surface area contributed by atoms with Crippen LogP contribution in [-0.2, 0) is 6.61 Å². The first-order chi connectivity index (χ1) is 11.9. The van der Waals surface area contributed by atoms with Crippen LogP contribution >= 0.6 is 23.2 Å². The molecule has 0 spiro atoms. The molecule has 0 aliphatic carbocycles. The molecule has 0 aliphatic rings. The topological polar surface area (TPSA) is 90.1 Å². The molecule has 128 valence electrons. The number of benzene rings is 2. The van der Waals surface area contributed by atoms with Gasteiger partial charge in [0.25, 0.3) is 11.5 Å². The lowest BCUT2D eigenvalue weighted by molar-refractivity contribution is 0.0940. The highest BCUT2D eigenvalue weighted by Crippen LogP contribution is 2.24. The van der Waals surface area contributed by atoms with Gasteiger partial charge >= 0.3 is 0 Å². The molecule has 8 heteroatoms. The van der Waals surface area contributed by atoms with E-state index in [1.165, 1.54) is 6.07 Å². The van der Waals surface area contributed by atoms with E-state index in [1.807, 2.05) is 0 Å². The zero-order valence-corrected chi connectivity index (χ0v) is 14.3. The molecular formula is C17H13Cl2N3O3. The lowest BCUT2D eigenvalue weighted by Crippen LogP contribution is -2.24. The van der Waals surface area contributed by atoms with E-state index >= 15 is 0 Å². The summed E-state index contributed by atoms with van der Waals surface area (Å²) in [5, 5.41) is 3.60. The van der Waals surface area contributed by atoms with E-state index in [0.717, 1.165) is 4.68 Å². The Labute approximate surface area is 152 Å². The Morgan fingerprint density at radius 2 is 1.72 bits per heavy atom. The average Bonchev–Trinajstić information content (AvgIpc) is 2.93. The van der Waals surface area contributed by atoms with Gasteiger partial charge in [-0.2, -0.15) is 4.68 Å². The van der Waals surface area contributed by atoms with Crippen LogP contribution in [0.15, 0.2) is 53.3 Å². The molecule has 0 saturated carbocycles. The molecule has 3 aromatic rings. The van der Waals surface area contributed by atoms with Gasteiger partial charge in [-0.3, -0.25) is 14.7 Å². The third-order valence-electron chi connectivity index (χ3n) is 3.36. The quantitative estimate of drug-likeness (QED) is 0.682. The van der Waals surface area contributed by atoms with Gasteiger partial charge in [-0.15, -0.1) is 0 Å². The molecule has 25 heavy (non-hydrogen) atoms. The van der Waals surface area contributed by atoms with Gasteiger partial charge in [0.2, 0.25) is 0 Å². The molecule has 0 aliphatic heterocycles. The van der Waals surface area contributed by atoms with Crippen molar-refractivity contribution < 1.29 is 9.53 Å². The molecule has 3 N–H and O–H groups in total. The molecule has 0 fully saturated rings. The Morgan fingerprint density at radius 3 is 2.36 bits per heavy atom.